The van der Waals surface area contributed by atoms with E-state index in [2.05, 4.69) is 45.0 Å². The van der Waals surface area contributed by atoms with E-state index >= 15 is 0 Å². The summed E-state index contributed by atoms with van der Waals surface area (Å²) in [7, 11) is -2.76. The molecular weight excluding hydrogens is 372 g/mol. The molecule has 0 bridgehead atoms. The van der Waals surface area contributed by atoms with Crippen LogP contribution < -0.4 is 10.4 Å². The number of aliphatic hydroxyl groups is 3. The lowest BCUT2D eigenvalue weighted by Crippen LogP contribution is -2.67. The predicted molar refractivity (Wildman–Crippen MR) is 111 cm³/mol. The highest BCUT2D eigenvalue weighted by atomic mass is 28.4. The molecule has 3 rings (SSSR count). The first kappa shape index (κ1) is 21.2. The van der Waals surface area contributed by atoms with Crippen LogP contribution in [-0.2, 0) is 9.16 Å². The lowest BCUT2D eigenvalue weighted by molar-refractivity contribution is -0.238. The van der Waals surface area contributed by atoms with E-state index in [4.69, 9.17) is 9.16 Å². The molecule has 1 fully saturated rings. The smallest absolute Gasteiger partial charge is 0.261 e. The molecule has 5 nitrogen and oxygen atoms in total. The second-order valence-corrected chi connectivity index (χ2v) is 12.7. The number of hydrogen-bond donors (Lipinski definition) is 3. The van der Waals surface area contributed by atoms with Gasteiger partial charge in [0, 0.05) is 6.42 Å². The van der Waals surface area contributed by atoms with E-state index < -0.39 is 32.9 Å². The zero-order chi connectivity index (χ0) is 20.4. The van der Waals surface area contributed by atoms with Crippen LogP contribution in [0, 0.1) is 0 Å². The molecule has 0 amide bonds. The van der Waals surface area contributed by atoms with Gasteiger partial charge >= 0.3 is 0 Å². The highest BCUT2D eigenvalue weighted by Gasteiger charge is 2.51. The minimum absolute atomic E-state index is 0.00310. The topological polar surface area (TPSA) is 79.2 Å². The molecule has 0 aromatic heterocycles. The molecule has 0 spiro atoms. The van der Waals surface area contributed by atoms with Crippen molar-refractivity contribution in [1.82, 2.24) is 0 Å². The normalized spacial score (nSPS) is 26.2. The average Bonchev–Trinajstić information content (AvgIpc) is 2.66. The largest absolute Gasteiger partial charge is 0.405 e. The zero-order valence-electron chi connectivity index (χ0n) is 16.7. The quantitative estimate of drug-likeness (QED) is 0.659. The van der Waals surface area contributed by atoms with Crippen molar-refractivity contribution in [2.75, 3.05) is 6.61 Å². The first-order valence-electron chi connectivity index (χ1n) is 9.70. The van der Waals surface area contributed by atoms with Gasteiger partial charge < -0.3 is 24.5 Å². The third-order valence-electron chi connectivity index (χ3n) is 5.43. The first-order valence-corrected chi connectivity index (χ1v) is 11.6. The second-order valence-electron chi connectivity index (χ2n) is 8.40. The lowest BCUT2D eigenvalue weighted by Gasteiger charge is -2.44. The van der Waals surface area contributed by atoms with Gasteiger partial charge in [-0.2, -0.15) is 0 Å². The Bertz CT molecular complexity index is 707. The molecular formula is C22H30O5Si. The summed E-state index contributed by atoms with van der Waals surface area (Å²) in [6, 6.07) is 20.4. The van der Waals surface area contributed by atoms with Crippen molar-refractivity contribution in [1.29, 1.82) is 0 Å². The molecule has 2 aromatic carbocycles. The SMILES string of the molecule is CC(C)(C)[Si](OC[C@H]1OC(O)C[C@H](O)[C@@H]1O)(c1ccccc1)c1ccccc1. The van der Waals surface area contributed by atoms with Gasteiger partial charge in [0.25, 0.3) is 8.32 Å². The summed E-state index contributed by atoms with van der Waals surface area (Å²) in [5, 5.41) is 32.3. The fourth-order valence-corrected chi connectivity index (χ4v) is 8.61. The minimum Gasteiger partial charge on any atom is -0.405 e. The summed E-state index contributed by atoms with van der Waals surface area (Å²) in [6.07, 6.45) is -4.03. The van der Waals surface area contributed by atoms with Crippen molar-refractivity contribution in [3.63, 3.8) is 0 Å². The number of hydrogen-bond acceptors (Lipinski definition) is 5. The molecule has 0 radical (unpaired) electrons. The number of benzene rings is 2. The second kappa shape index (κ2) is 8.45. The number of aliphatic hydroxyl groups excluding tert-OH is 3. The van der Waals surface area contributed by atoms with E-state index in [0.717, 1.165) is 10.4 Å². The first-order chi connectivity index (χ1) is 13.3. The van der Waals surface area contributed by atoms with Crippen molar-refractivity contribution < 1.29 is 24.5 Å². The molecule has 1 heterocycles. The Morgan fingerprint density at radius 2 is 1.43 bits per heavy atom. The molecule has 6 heteroatoms. The molecule has 152 valence electrons. The molecule has 1 saturated heterocycles. The van der Waals surface area contributed by atoms with Crippen molar-refractivity contribution in [2.24, 2.45) is 0 Å². The predicted octanol–water partition coefficient (Wildman–Crippen LogP) is 1.39. The Morgan fingerprint density at radius 3 is 1.89 bits per heavy atom. The highest BCUT2D eigenvalue weighted by molar-refractivity contribution is 6.99. The average molecular weight is 403 g/mol. The Hall–Kier alpha value is -1.54. The van der Waals surface area contributed by atoms with Crippen molar-refractivity contribution >= 4 is 18.7 Å². The van der Waals surface area contributed by atoms with Gasteiger partial charge in [-0.1, -0.05) is 81.4 Å². The van der Waals surface area contributed by atoms with Crippen LogP contribution in [0.2, 0.25) is 5.04 Å². The van der Waals surface area contributed by atoms with Gasteiger partial charge in [0.05, 0.1) is 12.7 Å². The molecule has 2 aromatic rings. The van der Waals surface area contributed by atoms with Crippen LogP contribution in [0.5, 0.6) is 0 Å². The summed E-state index contributed by atoms with van der Waals surface area (Å²) in [4.78, 5) is 0. The summed E-state index contributed by atoms with van der Waals surface area (Å²) in [6.45, 7) is 6.59. The van der Waals surface area contributed by atoms with E-state index in [1.54, 1.807) is 0 Å². The maximum atomic E-state index is 10.3. The summed E-state index contributed by atoms with van der Waals surface area (Å²) in [5.41, 5.74) is 0. The molecule has 3 N–H and O–H groups in total. The maximum Gasteiger partial charge on any atom is 0.261 e. The van der Waals surface area contributed by atoms with Gasteiger partial charge in [-0.3, -0.25) is 0 Å². The monoisotopic (exact) mass is 402 g/mol. The molecule has 1 unspecified atom stereocenters. The van der Waals surface area contributed by atoms with Crippen LogP contribution in [0.3, 0.4) is 0 Å². The molecule has 1 aliphatic rings. The minimum atomic E-state index is -2.76. The molecule has 0 aliphatic carbocycles. The van der Waals surface area contributed by atoms with Crippen LogP contribution in [0.4, 0.5) is 0 Å². The lowest BCUT2D eigenvalue weighted by atomic mass is 10.0. The molecule has 4 atom stereocenters. The van der Waals surface area contributed by atoms with Crippen molar-refractivity contribution in [3.8, 4) is 0 Å². The number of rotatable bonds is 5. The van der Waals surface area contributed by atoms with E-state index in [-0.39, 0.29) is 18.1 Å². The highest BCUT2D eigenvalue weighted by Crippen LogP contribution is 2.37. The van der Waals surface area contributed by atoms with Gasteiger partial charge in [0.2, 0.25) is 0 Å². The Kier molecular flexibility index (Phi) is 6.39. The van der Waals surface area contributed by atoms with Gasteiger partial charge in [-0.15, -0.1) is 0 Å². The molecule has 1 aliphatic heterocycles. The molecule has 0 saturated carbocycles. The van der Waals surface area contributed by atoms with Crippen LogP contribution in [0.15, 0.2) is 60.7 Å². The van der Waals surface area contributed by atoms with Crippen LogP contribution in [-0.4, -0.2) is 54.8 Å². The number of ether oxygens (including phenoxy) is 1. The Morgan fingerprint density at radius 1 is 0.929 bits per heavy atom. The standard InChI is InChI=1S/C22H30O5Si/c1-22(2,3)28(16-10-6-4-7-11-16,17-12-8-5-9-13-17)26-15-19-21(25)18(23)14-20(24)27-19/h4-13,18-21,23-25H,14-15H2,1-3H3/t18-,19+,20?,21-/m0/s1. The fourth-order valence-electron chi connectivity index (χ4n) is 4.04. The Labute approximate surface area is 167 Å². The third kappa shape index (κ3) is 4.08. The van der Waals surface area contributed by atoms with Crippen molar-refractivity contribution in [3.05, 3.63) is 60.7 Å². The molecule has 28 heavy (non-hydrogen) atoms. The van der Waals surface area contributed by atoms with E-state index in [1.165, 1.54) is 0 Å². The summed E-state index contributed by atoms with van der Waals surface area (Å²) in [5.74, 6) is 0. The van der Waals surface area contributed by atoms with E-state index in [9.17, 15) is 15.3 Å². The summed E-state index contributed by atoms with van der Waals surface area (Å²) >= 11 is 0. The van der Waals surface area contributed by atoms with Crippen LogP contribution in [0.1, 0.15) is 27.2 Å². The van der Waals surface area contributed by atoms with Crippen LogP contribution >= 0.6 is 0 Å². The van der Waals surface area contributed by atoms with Crippen molar-refractivity contribution in [2.45, 2.75) is 56.8 Å². The van der Waals surface area contributed by atoms with Crippen LogP contribution in [0.25, 0.3) is 0 Å². The van der Waals surface area contributed by atoms with Gasteiger partial charge in [-0.05, 0) is 15.4 Å². The van der Waals surface area contributed by atoms with Gasteiger partial charge in [0.1, 0.15) is 12.2 Å². The zero-order valence-corrected chi connectivity index (χ0v) is 17.7. The van der Waals surface area contributed by atoms with E-state index in [1.807, 2.05) is 36.4 Å². The maximum absolute atomic E-state index is 10.3. The fraction of sp³-hybridized carbons (Fsp3) is 0.455. The van der Waals surface area contributed by atoms with Gasteiger partial charge in [0.15, 0.2) is 6.29 Å². The van der Waals surface area contributed by atoms with Gasteiger partial charge in [-0.25, -0.2) is 0 Å². The third-order valence-corrected chi connectivity index (χ3v) is 10.4. The Balaban J connectivity index is 2.01. The van der Waals surface area contributed by atoms with E-state index in [0.29, 0.717) is 0 Å². The summed E-state index contributed by atoms with van der Waals surface area (Å²) < 4.78 is 12.2.